The zero-order chi connectivity index (χ0) is 11.4. The Kier molecular flexibility index (Phi) is 4.27. The minimum absolute atomic E-state index is 0.573. The van der Waals surface area contributed by atoms with Crippen LogP contribution in [0.3, 0.4) is 0 Å². The van der Waals surface area contributed by atoms with Crippen LogP contribution >= 0.6 is 38.9 Å². The molecule has 2 aromatic rings. The summed E-state index contributed by atoms with van der Waals surface area (Å²) >= 11 is 10.8. The number of halogens is 2. The normalized spacial score (nSPS) is 10.4. The Morgan fingerprint density at radius 3 is 2.81 bits per heavy atom. The van der Waals surface area contributed by atoms with Crippen LogP contribution in [0.2, 0.25) is 4.34 Å². The third kappa shape index (κ3) is 3.24. The number of alkyl halides is 1. The van der Waals surface area contributed by atoms with Crippen LogP contribution in [0.1, 0.15) is 10.4 Å². The van der Waals surface area contributed by atoms with E-state index in [1.165, 1.54) is 5.56 Å². The van der Waals surface area contributed by atoms with E-state index in [1.807, 2.05) is 30.3 Å². The van der Waals surface area contributed by atoms with E-state index < -0.39 is 0 Å². The molecule has 84 valence electrons. The summed E-state index contributed by atoms with van der Waals surface area (Å²) in [6, 6.07) is 11.9. The van der Waals surface area contributed by atoms with Crippen LogP contribution in [0.5, 0.6) is 5.75 Å². The maximum Gasteiger partial charge on any atom is 0.122 e. The molecule has 0 amide bonds. The highest BCUT2D eigenvalue weighted by molar-refractivity contribution is 9.08. The van der Waals surface area contributed by atoms with Crippen molar-refractivity contribution in [2.24, 2.45) is 0 Å². The Hall–Kier alpha value is -0.510. The van der Waals surface area contributed by atoms with Crippen molar-refractivity contribution in [3.8, 4) is 5.75 Å². The minimum Gasteiger partial charge on any atom is -0.488 e. The first-order valence-electron chi connectivity index (χ1n) is 4.80. The highest BCUT2D eigenvalue weighted by Crippen LogP contribution is 2.23. The van der Waals surface area contributed by atoms with Crippen LogP contribution in [0.4, 0.5) is 0 Å². The van der Waals surface area contributed by atoms with Crippen molar-refractivity contribution in [3.05, 3.63) is 51.2 Å². The van der Waals surface area contributed by atoms with E-state index in [2.05, 4.69) is 22.0 Å². The summed E-state index contributed by atoms with van der Waals surface area (Å²) in [7, 11) is 0. The van der Waals surface area contributed by atoms with Crippen molar-refractivity contribution in [2.75, 3.05) is 0 Å². The van der Waals surface area contributed by atoms with Crippen molar-refractivity contribution in [1.82, 2.24) is 0 Å². The fourth-order valence-corrected chi connectivity index (χ4v) is 2.65. The second-order valence-corrected chi connectivity index (χ2v) is 5.64. The van der Waals surface area contributed by atoms with Gasteiger partial charge in [0.1, 0.15) is 12.4 Å². The molecule has 0 radical (unpaired) electrons. The first kappa shape index (κ1) is 12.0. The van der Waals surface area contributed by atoms with Gasteiger partial charge in [0.15, 0.2) is 0 Å². The molecule has 0 N–H and O–H groups in total. The van der Waals surface area contributed by atoms with E-state index in [4.69, 9.17) is 16.3 Å². The molecule has 1 aromatic carbocycles. The first-order valence-corrected chi connectivity index (χ1v) is 7.11. The molecule has 1 aromatic heterocycles. The van der Waals surface area contributed by atoms with E-state index in [1.54, 1.807) is 11.3 Å². The molecule has 1 heterocycles. The molecule has 0 spiro atoms. The Morgan fingerprint density at radius 2 is 2.12 bits per heavy atom. The lowest BCUT2D eigenvalue weighted by molar-refractivity contribution is 0.309. The number of hydrogen-bond donors (Lipinski definition) is 0. The van der Waals surface area contributed by atoms with Crippen LogP contribution in [0.25, 0.3) is 0 Å². The zero-order valence-electron chi connectivity index (χ0n) is 8.45. The Morgan fingerprint density at radius 1 is 1.25 bits per heavy atom. The number of hydrogen-bond acceptors (Lipinski definition) is 2. The van der Waals surface area contributed by atoms with Gasteiger partial charge in [0, 0.05) is 10.2 Å². The van der Waals surface area contributed by atoms with Crippen LogP contribution in [0.15, 0.2) is 36.4 Å². The Bertz CT molecular complexity index is 470. The Balaban J connectivity index is 1.99. The van der Waals surface area contributed by atoms with Gasteiger partial charge in [-0.3, -0.25) is 0 Å². The summed E-state index contributed by atoms with van der Waals surface area (Å²) in [6.45, 7) is 0.573. The van der Waals surface area contributed by atoms with Crippen LogP contribution < -0.4 is 4.74 Å². The molecule has 4 heteroatoms. The summed E-state index contributed by atoms with van der Waals surface area (Å²) in [5.74, 6) is 0.890. The van der Waals surface area contributed by atoms with Crippen LogP contribution in [-0.2, 0) is 11.9 Å². The topological polar surface area (TPSA) is 9.23 Å². The molecule has 16 heavy (non-hydrogen) atoms. The number of rotatable bonds is 4. The molecule has 0 saturated heterocycles. The van der Waals surface area contributed by atoms with E-state index in [0.29, 0.717) is 6.61 Å². The van der Waals surface area contributed by atoms with Gasteiger partial charge in [0.05, 0.1) is 4.34 Å². The summed E-state index contributed by atoms with van der Waals surface area (Å²) in [5, 5.41) is 0.842. The average molecular weight is 318 g/mol. The lowest BCUT2D eigenvalue weighted by Crippen LogP contribution is -1.93. The predicted octanol–water partition coefficient (Wildman–Crippen LogP) is 4.88. The van der Waals surface area contributed by atoms with Gasteiger partial charge in [-0.15, -0.1) is 11.3 Å². The van der Waals surface area contributed by atoms with Gasteiger partial charge >= 0.3 is 0 Å². The second-order valence-electron chi connectivity index (χ2n) is 3.28. The van der Waals surface area contributed by atoms with Crippen molar-refractivity contribution in [1.29, 1.82) is 0 Å². The first-order chi connectivity index (χ1) is 7.78. The highest BCUT2D eigenvalue weighted by Gasteiger charge is 2.00. The summed E-state index contributed by atoms with van der Waals surface area (Å²) < 4.78 is 6.48. The Labute approximate surface area is 112 Å². The van der Waals surface area contributed by atoms with Gasteiger partial charge < -0.3 is 4.74 Å². The monoisotopic (exact) mass is 316 g/mol. The predicted molar refractivity (Wildman–Crippen MR) is 72.7 cm³/mol. The zero-order valence-corrected chi connectivity index (χ0v) is 11.6. The maximum absolute atomic E-state index is 5.85. The summed E-state index contributed by atoms with van der Waals surface area (Å²) in [5.41, 5.74) is 1.21. The third-order valence-electron chi connectivity index (χ3n) is 2.06. The van der Waals surface area contributed by atoms with Crippen molar-refractivity contribution >= 4 is 38.9 Å². The lowest BCUT2D eigenvalue weighted by Gasteiger charge is -2.05. The van der Waals surface area contributed by atoms with E-state index >= 15 is 0 Å². The standard InChI is InChI=1S/C12H10BrClOS/c13-7-9-2-1-3-10(6-9)15-8-11-4-5-12(14)16-11/h1-6H,7-8H2. The van der Waals surface area contributed by atoms with Gasteiger partial charge in [0.2, 0.25) is 0 Å². The number of benzene rings is 1. The van der Waals surface area contributed by atoms with Gasteiger partial charge in [-0.25, -0.2) is 0 Å². The van der Waals surface area contributed by atoms with Gasteiger partial charge in [-0.05, 0) is 29.8 Å². The lowest BCUT2D eigenvalue weighted by atomic mass is 10.2. The quantitative estimate of drug-likeness (QED) is 0.731. The number of ether oxygens (including phenoxy) is 1. The van der Waals surface area contributed by atoms with Crippen molar-refractivity contribution < 1.29 is 4.74 Å². The fourth-order valence-electron chi connectivity index (χ4n) is 1.30. The molecule has 0 fully saturated rings. The van der Waals surface area contributed by atoms with Gasteiger partial charge in [-0.2, -0.15) is 0 Å². The summed E-state index contributed by atoms with van der Waals surface area (Å²) in [6.07, 6.45) is 0. The molecule has 0 saturated carbocycles. The SMILES string of the molecule is Clc1ccc(COc2cccc(CBr)c2)s1. The van der Waals surface area contributed by atoms with Crippen LogP contribution in [0, 0.1) is 0 Å². The smallest absolute Gasteiger partial charge is 0.122 e. The maximum atomic E-state index is 5.85. The molecular formula is C12H10BrClOS. The van der Waals surface area contributed by atoms with Crippen molar-refractivity contribution in [2.45, 2.75) is 11.9 Å². The molecule has 0 bridgehead atoms. The minimum atomic E-state index is 0.573. The highest BCUT2D eigenvalue weighted by atomic mass is 79.9. The van der Waals surface area contributed by atoms with Crippen molar-refractivity contribution in [3.63, 3.8) is 0 Å². The van der Waals surface area contributed by atoms with E-state index in [9.17, 15) is 0 Å². The molecule has 0 aliphatic heterocycles. The second kappa shape index (κ2) is 5.71. The largest absolute Gasteiger partial charge is 0.488 e. The molecular weight excluding hydrogens is 308 g/mol. The molecule has 0 aliphatic rings. The van der Waals surface area contributed by atoms with Gasteiger partial charge in [-0.1, -0.05) is 39.7 Å². The third-order valence-corrected chi connectivity index (χ3v) is 3.91. The van der Waals surface area contributed by atoms with E-state index in [0.717, 1.165) is 20.3 Å². The summed E-state index contributed by atoms with van der Waals surface area (Å²) in [4.78, 5) is 1.13. The van der Waals surface area contributed by atoms with Gasteiger partial charge in [0.25, 0.3) is 0 Å². The average Bonchev–Trinajstić information content (AvgIpc) is 2.73. The molecule has 0 atom stereocenters. The van der Waals surface area contributed by atoms with E-state index in [-0.39, 0.29) is 0 Å². The fraction of sp³-hybridized carbons (Fsp3) is 0.167. The van der Waals surface area contributed by atoms with Crippen LogP contribution in [-0.4, -0.2) is 0 Å². The number of thiophene rings is 1. The molecule has 0 unspecified atom stereocenters. The molecule has 0 aliphatic carbocycles. The molecule has 2 rings (SSSR count). The molecule has 1 nitrogen and oxygen atoms in total.